The molecule has 0 atom stereocenters. The smallest absolute Gasteiger partial charge is 0.268 e. The minimum absolute atomic E-state index is 0.203. The molecule has 1 aromatic heterocycles. The molecule has 18 heavy (non-hydrogen) atoms. The maximum atomic E-state index is 13.2. The number of hydrogen-bond acceptors (Lipinski definition) is 3. The Labute approximate surface area is 111 Å². The molecule has 1 aromatic carbocycles. The first kappa shape index (κ1) is 12.8. The van der Waals surface area contributed by atoms with Gasteiger partial charge < -0.3 is 5.73 Å². The van der Waals surface area contributed by atoms with Crippen LogP contribution in [0.3, 0.4) is 0 Å². The van der Waals surface area contributed by atoms with Crippen molar-refractivity contribution in [2.75, 3.05) is 5.73 Å². The summed E-state index contributed by atoms with van der Waals surface area (Å²) in [6.07, 6.45) is 1.43. The molecule has 0 aliphatic heterocycles. The summed E-state index contributed by atoms with van der Waals surface area (Å²) >= 11 is 3.18. The minimum Gasteiger partial charge on any atom is -0.399 e. The van der Waals surface area contributed by atoms with E-state index in [2.05, 4.69) is 20.9 Å². The number of aryl methyl sites for hydroxylation is 1. The second kappa shape index (κ2) is 4.89. The van der Waals surface area contributed by atoms with E-state index in [0.29, 0.717) is 21.4 Å². The van der Waals surface area contributed by atoms with Gasteiger partial charge in [-0.15, -0.1) is 0 Å². The van der Waals surface area contributed by atoms with Crippen molar-refractivity contribution in [3.8, 4) is 0 Å². The third-order valence-corrected chi connectivity index (χ3v) is 3.40. The van der Waals surface area contributed by atoms with Crippen molar-refractivity contribution in [3.63, 3.8) is 0 Å². The lowest BCUT2D eigenvalue weighted by molar-refractivity contribution is 0.622. The zero-order valence-electron chi connectivity index (χ0n) is 9.65. The van der Waals surface area contributed by atoms with Crippen LogP contribution in [0.4, 0.5) is 10.1 Å². The Morgan fingerprint density at radius 2 is 2.17 bits per heavy atom. The number of nitrogens with zero attached hydrogens (tertiary/aromatic N) is 2. The third kappa shape index (κ3) is 2.59. The van der Waals surface area contributed by atoms with Gasteiger partial charge in [-0.25, -0.2) is 9.37 Å². The molecule has 0 aliphatic carbocycles. The van der Waals surface area contributed by atoms with Crippen LogP contribution in [0.25, 0.3) is 0 Å². The fraction of sp³-hybridized carbons (Fsp3) is 0.167. The molecule has 2 aromatic rings. The van der Waals surface area contributed by atoms with E-state index in [9.17, 15) is 9.18 Å². The lowest BCUT2D eigenvalue weighted by Gasteiger charge is -2.08. The number of nitrogen functional groups attached to an aromatic ring is 1. The molecule has 0 aliphatic rings. The molecule has 0 radical (unpaired) electrons. The molecule has 94 valence electrons. The van der Waals surface area contributed by atoms with Gasteiger partial charge in [-0.05, 0) is 46.6 Å². The van der Waals surface area contributed by atoms with Crippen LogP contribution in [0.15, 0.2) is 33.8 Å². The van der Waals surface area contributed by atoms with Crippen LogP contribution in [0.2, 0.25) is 0 Å². The molecule has 0 fully saturated rings. The maximum Gasteiger partial charge on any atom is 0.268 e. The average molecular weight is 312 g/mol. The highest BCUT2D eigenvalue weighted by molar-refractivity contribution is 9.10. The summed E-state index contributed by atoms with van der Waals surface area (Å²) in [5, 5.41) is 0. The number of halogens is 2. The zero-order valence-corrected chi connectivity index (χ0v) is 11.2. The van der Waals surface area contributed by atoms with E-state index >= 15 is 0 Å². The van der Waals surface area contributed by atoms with Crippen LogP contribution in [0.1, 0.15) is 11.3 Å². The van der Waals surface area contributed by atoms with Gasteiger partial charge in [0.1, 0.15) is 10.3 Å². The van der Waals surface area contributed by atoms with Crippen molar-refractivity contribution in [1.29, 1.82) is 0 Å². The number of benzene rings is 1. The Balaban J connectivity index is 2.40. The summed E-state index contributed by atoms with van der Waals surface area (Å²) in [6, 6.07) is 4.20. The van der Waals surface area contributed by atoms with Crippen LogP contribution < -0.4 is 11.3 Å². The van der Waals surface area contributed by atoms with E-state index in [1.165, 1.54) is 23.0 Å². The summed E-state index contributed by atoms with van der Waals surface area (Å²) < 4.78 is 15.0. The molecule has 0 unspecified atom stereocenters. The van der Waals surface area contributed by atoms with Gasteiger partial charge in [-0.2, -0.15) is 0 Å². The summed E-state index contributed by atoms with van der Waals surface area (Å²) in [6.45, 7) is 1.96. The van der Waals surface area contributed by atoms with Crippen LogP contribution in [0, 0.1) is 12.7 Å². The van der Waals surface area contributed by atoms with Crippen molar-refractivity contribution < 1.29 is 4.39 Å². The van der Waals surface area contributed by atoms with Gasteiger partial charge in [0.15, 0.2) is 0 Å². The Morgan fingerprint density at radius 3 is 2.83 bits per heavy atom. The van der Waals surface area contributed by atoms with Crippen LogP contribution in [0.5, 0.6) is 0 Å². The fourth-order valence-corrected chi connectivity index (χ4v) is 1.95. The first-order valence-corrected chi connectivity index (χ1v) is 6.03. The van der Waals surface area contributed by atoms with Gasteiger partial charge in [-0.1, -0.05) is 0 Å². The molecule has 2 rings (SSSR count). The van der Waals surface area contributed by atoms with Gasteiger partial charge in [0.2, 0.25) is 0 Å². The van der Waals surface area contributed by atoms with E-state index in [1.54, 1.807) is 13.0 Å². The minimum atomic E-state index is -0.419. The highest BCUT2D eigenvalue weighted by atomic mass is 79.9. The van der Waals surface area contributed by atoms with Crippen LogP contribution in [-0.4, -0.2) is 9.55 Å². The predicted molar refractivity (Wildman–Crippen MR) is 70.8 cm³/mol. The summed E-state index contributed by atoms with van der Waals surface area (Å²) in [5.74, 6) is -0.419. The zero-order chi connectivity index (χ0) is 13.3. The molecule has 6 heteroatoms. The van der Waals surface area contributed by atoms with Gasteiger partial charge in [0, 0.05) is 5.69 Å². The van der Waals surface area contributed by atoms with Gasteiger partial charge in [0.25, 0.3) is 5.56 Å². The topological polar surface area (TPSA) is 60.9 Å². The van der Waals surface area contributed by atoms with E-state index in [0.717, 1.165) is 0 Å². The van der Waals surface area contributed by atoms with Gasteiger partial charge in [-0.3, -0.25) is 9.36 Å². The van der Waals surface area contributed by atoms with Gasteiger partial charge >= 0.3 is 0 Å². The monoisotopic (exact) mass is 311 g/mol. The van der Waals surface area contributed by atoms with E-state index in [1.807, 2.05) is 0 Å². The second-order valence-corrected chi connectivity index (χ2v) is 4.76. The van der Waals surface area contributed by atoms with Crippen LogP contribution >= 0.6 is 15.9 Å². The SMILES string of the molecule is Cc1ncn(Cc2cc(N)cc(F)c2)c(=O)c1Br. The Kier molecular flexibility index (Phi) is 3.47. The number of rotatable bonds is 2. The Morgan fingerprint density at radius 1 is 1.44 bits per heavy atom. The van der Waals surface area contributed by atoms with Crippen molar-refractivity contribution in [3.05, 3.63) is 56.4 Å². The first-order valence-electron chi connectivity index (χ1n) is 5.24. The molecular formula is C12H11BrFN3O. The Hall–Kier alpha value is -1.69. The fourth-order valence-electron chi connectivity index (χ4n) is 1.62. The third-order valence-electron chi connectivity index (χ3n) is 2.49. The van der Waals surface area contributed by atoms with Crippen molar-refractivity contribution >= 4 is 21.6 Å². The summed E-state index contributed by atoms with van der Waals surface area (Å²) in [7, 11) is 0. The van der Waals surface area contributed by atoms with E-state index in [-0.39, 0.29) is 12.1 Å². The van der Waals surface area contributed by atoms with Gasteiger partial charge in [0.05, 0.1) is 18.6 Å². The quantitative estimate of drug-likeness (QED) is 0.864. The molecule has 0 bridgehead atoms. The van der Waals surface area contributed by atoms with Crippen molar-refractivity contribution in [1.82, 2.24) is 9.55 Å². The Bertz CT molecular complexity index is 634. The number of nitrogens with two attached hydrogens (primary N) is 1. The highest BCUT2D eigenvalue weighted by Crippen LogP contribution is 2.12. The largest absolute Gasteiger partial charge is 0.399 e. The van der Waals surface area contributed by atoms with E-state index in [4.69, 9.17) is 5.73 Å². The molecular weight excluding hydrogens is 301 g/mol. The molecule has 0 amide bonds. The molecule has 2 N–H and O–H groups in total. The second-order valence-electron chi connectivity index (χ2n) is 3.97. The summed E-state index contributed by atoms with van der Waals surface area (Å²) in [4.78, 5) is 16.0. The average Bonchev–Trinajstić information content (AvgIpc) is 2.29. The standard InChI is InChI=1S/C12H11BrFN3O/c1-7-11(13)12(18)17(6-16-7)5-8-2-9(14)4-10(15)3-8/h2-4,6H,5,15H2,1H3. The molecule has 0 saturated carbocycles. The normalized spacial score (nSPS) is 10.6. The number of aromatic nitrogens is 2. The lowest BCUT2D eigenvalue weighted by Crippen LogP contribution is -2.22. The molecule has 0 saturated heterocycles. The summed E-state index contributed by atoms with van der Waals surface area (Å²) in [5.41, 5.74) is 6.92. The van der Waals surface area contributed by atoms with Crippen LogP contribution in [-0.2, 0) is 6.54 Å². The van der Waals surface area contributed by atoms with Crippen molar-refractivity contribution in [2.45, 2.75) is 13.5 Å². The maximum absolute atomic E-state index is 13.2. The first-order chi connectivity index (χ1) is 8.47. The lowest BCUT2D eigenvalue weighted by atomic mass is 10.2. The molecule has 1 heterocycles. The predicted octanol–water partition coefficient (Wildman–Crippen LogP) is 2.08. The molecule has 4 nitrogen and oxygen atoms in total. The highest BCUT2D eigenvalue weighted by Gasteiger charge is 2.06. The number of hydrogen-bond donors (Lipinski definition) is 1. The van der Waals surface area contributed by atoms with E-state index < -0.39 is 5.82 Å². The number of anilines is 1. The van der Waals surface area contributed by atoms with Crippen molar-refractivity contribution in [2.24, 2.45) is 0 Å². The molecule has 0 spiro atoms.